The summed E-state index contributed by atoms with van der Waals surface area (Å²) in [6.07, 6.45) is 5.16. The average Bonchev–Trinajstić information content (AvgIpc) is 3.05. The summed E-state index contributed by atoms with van der Waals surface area (Å²) in [6, 6.07) is 6.17. The number of rotatable bonds is 8. The highest BCUT2D eigenvalue weighted by Crippen LogP contribution is 2.14. The van der Waals surface area contributed by atoms with Gasteiger partial charge in [-0.15, -0.1) is 0 Å². The summed E-state index contributed by atoms with van der Waals surface area (Å²) in [5.74, 6) is 0.650. The van der Waals surface area contributed by atoms with Crippen molar-refractivity contribution < 1.29 is 4.79 Å². The van der Waals surface area contributed by atoms with E-state index >= 15 is 0 Å². The van der Waals surface area contributed by atoms with Crippen molar-refractivity contribution >= 4 is 5.91 Å². The van der Waals surface area contributed by atoms with Crippen LogP contribution in [0.5, 0.6) is 0 Å². The summed E-state index contributed by atoms with van der Waals surface area (Å²) in [6.45, 7) is 7.82. The Hall–Kier alpha value is -2.21. The fraction of sp³-hybridized carbons (Fsp3) is 0.500. The molecule has 0 aliphatic carbocycles. The van der Waals surface area contributed by atoms with Crippen LogP contribution in [0, 0.1) is 0 Å². The van der Waals surface area contributed by atoms with Crippen molar-refractivity contribution in [1.29, 1.82) is 0 Å². The van der Waals surface area contributed by atoms with Crippen molar-refractivity contribution in [2.75, 3.05) is 20.1 Å². The smallest absolute Gasteiger partial charge is 0.254 e. The lowest BCUT2D eigenvalue weighted by Gasteiger charge is -2.23. The van der Waals surface area contributed by atoms with Gasteiger partial charge in [-0.2, -0.15) is 5.10 Å². The van der Waals surface area contributed by atoms with Crippen molar-refractivity contribution in [1.82, 2.24) is 25.0 Å². The maximum Gasteiger partial charge on any atom is 0.254 e. The van der Waals surface area contributed by atoms with E-state index in [1.165, 1.54) is 0 Å². The molecule has 24 heavy (non-hydrogen) atoms. The van der Waals surface area contributed by atoms with Gasteiger partial charge < -0.3 is 10.2 Å². The van der Waals surface area contributed by atoms with E-state index in [2.05, 4.69) is 41.2 Å². The van der Waals surface area contributed by atoms with Crippen LogP contribution in [0.3, 0.4) is 0 Å². The molecule has 2 aromatic heterocycles. The van der Waals surface area contributed by atoms with Crippen molar-refractivity contribution in [3.63, 3.8) is 0 Å². The second-order valence-corrected chi connectivity index (χ2v) is 5.95. The molecule has 1 N–H and O–H groups in total. The SMILES string of the molecule is CCc1c(C(=O)NCCN(C)[C@@H](C)CC)cnn1-c1ccccn1. The molecular formula is C18H27N5O. The lowest BCUT2D eigenvalue weighted by Crippen LogP contribution is -2.37. The Morgan fingerprint density at radius 1 is 1.38 bits per heavy atom. The molecule has 6 nitrogen and oxygen atoms in total. The first-order chi connectivity index (χ1) is 11.6. The third-order valence-electron chi connectivity index (χ3n) is 4.41. The van der Waals surface area contributed by atoms with Crippen LogP contribution in [0.25, 0.3) is 5.82 Å². The number of carbonyl (C=O) groups excluding carboxylic acids is 1. The summed E-state index contributed by atoms with van der Waals surface area (Å²) in [5, 5.41) is 7.34. The number of likely N-dealkylation sites (N-methyl/N-ethyl adjacent to an activating group) is 1. The molecule has 130 valence electrons. The number of carbonyl (C=O) groups is 1. The van der Waals surface area contributed by atoms with Crippen LogP contribution in [0.2, 0.25) is 0 Å². The molecule has 0 aromatic carbocycles. The molecule has 0 aliphatic rings. The molecule has 0 unspecified atom stereocenters. The number of nitrogens with zero attached hydrogens (tertiary/aromatic N) is 4. The van der Waals surface area contributed by atoms with Crippen LogP contribution in [0.1, 0.15) is 43.2 Å². The third-order valence-corrected chi connectivity index (χ3v) is 4.41. The van der Waals surface area contributed by atoms with E-state index in [1.807, 2.05) is 25.1 Å². The molecule has 0 bridgehead atoms. The first-order valence-corrected chi connectivity index (χ1v) is 8.55. The van der Waals surface area contributed by atoms with E-state index in [0.29, 0.717) is 24.6 Å². The van der Waals surface area contributed by atoms with Crippen LogP contribution >= 0.6 is 0 Å². The molecule has 0 saturated heterocycles. The van der Waals surface area contributed by atoms with E-state index in [-0.39, 0.29) is 5.91 Å². The molecule has 0 fully saturated rings. The number of nitrogens with one attached hydrogen (secondary N) is 1. The highest BCUT2D eigenvalue weighted by atomic mass is 16.1. The quantitative estimate of drug-likeness (QED) is 0.807. The molecule has 0 radical (unpaired) electrons. The van der Waals surface area contributed by atoms with Gasteiger partial charge in [-0.05, 0) is 38.9 Å². The first kappa shape index (κ1) is 18.1. The predicted molar refractivity (Wildman–Crippen MR) is 95.5 cm³/mol. The lowest BCUT2D eigenvalue weighted by molar-refractivity contribution is 0.0946. The Kier molecular flexibility index (Phi) is 6.49. The van der Waals surface area contributed by atoms with Gasteiger partial charge in [0.15, 0.2) is 5.82 Å². The molecule has 2 heterocycles. The summed E-state index contributed by atoms with van der Waals surface area (Å²) in [7, 11) is 2.08. The molecule has 1 amide bonds. The maximum absolute atomic E-state index is 12.5. The number of aromatic nitrogens is 3. The Morgan fingerprint density at radius 2 is 2.17 bits per heavy atom. The topological polar surface area (TPSA) is 63.1 Å². The highest BCUT2D eigenvalue weighted by Gasteiger charge is 2.17. The zero-order valence-corrected chi connectivity index (χ0v) is 15.0. The van der Waals surface area contributed by atoms with Gasteiger partial charge in [-0.3, -0.25) is 4.79 Å². The molecule has 0 aliphatic heterocycles. The van der Waals surface area contributed by atoms with Gasteiger partial charge in [-0.25, -0.2) is 9.67 Å². The fourth-order valence-electron chi connectivity index (χ4n) is 2.55. The zero-order valence-electron chi connectivity index (χ0n) is 15.0. The largest absolute Gasteiger partial charge is 0.351 e. The average molecular weight is 329 g/mol. The zero-order chi connectivity index (χ0) is 17.5. The highest BCUT2D eigenvalue weighted by molar-refractivity contribution is 5.95. The van der Waals surface area contributed by atoms with Crippen LogP contribution < -0.4 is 5.32 Å². The lowest BCUT2D eigenvalue weighted by atomic mass is 10.2. The number of hydrogen-bond donors (Lipinski definition) is 1. The summed E-state index contributed by atoms with van der Waals surface area (Å²) >= 11 is 0. The van der Waals surface area contributed by atoms with Gasteiger partial charge in [0.1, 0.15) is 0 Å². The van der Waals surface area contributed by atoms with Crippen molar-refractivity contribution in [2.45, 2.75) is 39.7 Å². The van der Waals surface area contributed by atoms with Crippen molar-refractivity contribution in [2.24, 2.45) is 0 Å². The van der Waals surface area contributed by atoms with Gasteiger partial charge in [0.2, 0.25) is 0 Å². The second kappa shape index (κ2) is 8.59. The van der Waals surface area contributed by atoms with Crippen LogP contribution in [0.4, 0.5) is 0 Å². The Bertz CT molecular complexity index is 653. The number of pyridine rings is 1. The predicted octanol–water partition coefficient (Wildman–Crippen LogP) is 2.29. The molecule has 0 saturated carbocycles. The molecule has 0 spiro atoms. The van der Waals surface area contributed by atoms with Crippen LogP contribution in [0.15, 0.2) is 30.6 Å². The Balaban J connectivity index is 2.04. The van der Waals surface area contributed by atoms with Gasteiger partial charge >= 0.3 is 0 Å². The Morgan fingerprint density at radius 3 is 2.79 bits per heavy atom. The summed E-state index contributed by atoms with van der Waals surface area (Å²) in [5.41, 5.74) is 1.50. The first-order valence-electron chi connectivity index (χ1n) is 8.55. The number of amides is 1. The van der Waals surface area contributed by atoms with E-state index in [9.17, 15) is 4.79 Å². The minimum Gasteiger partial charge on any atom is -0.351 e. The normalized spacial score (nSPS) is 12.4. The van der Waals surface area contributed by atoms with E-state index < -0.39 is 0 Å². The van der Waals surface area contributed by atoms with Gasteiger partial charge in [-0.1, -0.05) is 19.9 Å². The summed E-state index contributed by atoms with van der Waals surface area (Å²) in [4.78, 5) is 19.0. The minimum atomic E-state index is -0.0772. The molecule has 6 heteroatoms. The van der Waals surface area contributed by atoms with Gasteiger partial charge in [0.25, 0.3) is 5.91 Å². The molecule has 1 atom stereocenters. The van der Waals surface area contributed by atoms with Crippen molar-refractivity contribution in [3.8, 4) is 5.82 Å². The van der Waals surface area contributed by atoms with E-state index in [1.54, 1.807) is 17.1 Å². The van der Waals surface area contributed by atoms with Gasteiger partial charge in [0.05, 0.1) is 17.5 Å². The van der Waals surface area contributed by atoms with E-state index in [0.717, 1.165) is 24.5 Å². The second-order valence-electron chi connectivity index (χ2n) is 5.95. The standard InChI is InChI=1S/C18H27N5O/c1-5-14(3)22(4)12-11-20-18(24)15-13-21-23(16(15)6-2)17-9-7-8-10-19-17/h7-10,13-14H,5-6,11-12H2,1-4H3,(H,20,24)/t14-/m0/s1. The Labute approximate surface area is 143 Å². The van der Waals surface area contributed by atoms with Crippen LogP contribution in [-0.2, 0) is 6.42 Å². The van der Waals surface area contributed by atoms with Gasteiger partial charge in [0, 0.05) is 25.3 Å². The minimum absolute atomic E-state index is 0.0772. The molecule has 2 rings (SSSR count). The third kappa shape index (κ3) is 4.20. The van der Waals surface area contributed by atoms with E-state index in [4.69, 9.17) is 0 Å². The maximum atomic E-state index is 12.5. The summed E-state index contributed by atoms with van der Waals surface area (Å²) < 4.78 is 1.74. The van der Waals surface area contributed by atoms with Crippen molar-refractivity contribution in [3.05, 3.63) is 41.9 Å². The fourth-order valence-corrected chi connectivity index (χ4v) is 2.55. The monoisotopic (exact) mass is 329 g/mol. The van der Waals surface area contributed by atoms with Crippen LogP contribution in [-0.4, -0.2) is 51.8 Å². The number of hydrogen-bond acceptors (Lipinski definition) is 4. The molecular weight excluding hydrogens is 302 g/mol. The molecule has 2 aromatic rings.